The first-order valence-corrected chi connectivity index (χ1v) is 23.5. The summed E-state index contributed by atoms with van der Waals surface area (Å²) in [5.74, 6) is 0.147. The molecule has 0 spiro atoms. The minimum absolute atomic E-state index is 0.0385. The molecule has 1 saturated heterocycles. The number of nitrogens with one attached hydrogen (secondary N) is 2. The van der Waals surface area contributed by atoms with Gasteiger partial charge in [-0.1, -0.05) is 38.1 Å². The lowest BCUT2D eigenvalue weighted by molar-refractivity contribution is -0.00286. The van der Waals surface area contributed by atoms with E-state index in [0.29, 0.717) is 84.8 Å². The normalized spacial score (nSPS) is 13.7. The molecule has 72 heavy (non-hydrogen) atoms. The van der Waals surface area contributed by atoms with E-state index in [1.807, 2.05) is 32.0 Å². The van der Waals surface area contributed by atoms with Crippen molar-refractivity contribution in [2.24, 2.45) is 0 Å². The lowest BCUT2D eigenvalue weighted by Crippen LogP contribution is -2.49. The van der Waals surface area contributed by atoms with Gasteiger partial charge in [0.1, 0.15) is 46.9 Å². The summed E-state index contributed by atoms with van der Waals surface area (Å²) in [5, 5.41) is 34.6. The smallest absolute Gasteiger partial charge is 0.208 e. The van der Waals surface area contributed by atoms with Gasteiger partial charge in [0, 0.05) is 103 Å². The predicted octanol–water partition coefficient (Wildman–Crippen LogP) is 8.45. The fourth-order valence-electron chi connectivity index (χ4n) is 9.02. The summed E-state index contributed by atoms with van der Waals surface area (Å²) in [6, 6.07) is 20.7. The summed E-state index contributed by atoms with van der Waals surface area (Å²) in [7, 11) is 3.45. The van der Waals surface area contributed by atoms with E-state index in [4.69, 9.17) is 9.47 Å². The number of halogens is 4. The van der Waals surface area contributed by atoms with Crippen LogP contribution in [-0.4, -0.2) is 90.1 Å². The molecule has 368 valence electrons. The number of ether oxygens (including phenoxy) is 2. The van der Waals surface area contributed by atoms with Gasteiger partial charge < -0.3 is 30.1 Å². The molecule has 0 saturated carbocycles. The molecule has 11 rings (SSSR count). The molecule has 0 amide bonds. The van der Waals surface area contributed by atoms with Gasteiger partial charge in [-0.25, -0.2) is 37.5 Å². The molecular formula is C53H50F4N12O3. The number of β-amino-alcohol motifs (C(OH)–C–C–N with tert-alkyl or cyclic N) is 1. The molecule has 0 bridgehead atoms. The van der Waals surface area contributed by atoms with Crippen molar-refractivity contribution in [2.45, 2.75) is 59.0 Å². The second kappa shape index (κ2) is 21.1. The van der Waals surface area contributed by atoms with E-state index in [0.717, 1.165) is 40.1 Å². The molecule has 19 heteroatoms. The molecular weight excluding hydrogens is 929 g/mol. The van der Waals surface area contributed by atoms with Crippen LogP contribution in [0.1, 0.15) is 58.6 Å². The monoisotopic (exact) mass is 978 g/mol. The van der Waals surface area contributed by atoms with Crippen LogP contribution < -0.4 is 20.1 Å². The second-order valence-corrected chi connectivity index (χ2v) is 17.5. The van der Waals surface area contributed by atoms with Crippen molar-refractivity contribution >= 4 is 23.2 Å². The van der Waals surface area contributed by atoms with E-state index in [9.17, 15) is 33.2 Å². The van der Waals surface area contributed by atoms with Gasteiger partial charge in [-0.2, -0.15) is 10.5 Å². The largest absolute Gasteiger partial charge is 0.493 e. The van der Waals surface area contributed by atoms with Crippen molar-refractivity contribution in [3.63, 3.8) is 0 Å². The first-order chi connectivity index (χ1) is 34.9. The predicted molar refractivity (Wildman–Crippen MR) is 262 cm³/mol. The zero-order valence-corrected chi connectivity index (χ0v) is 40.0. The Hall–Kier alpha value is -8.10. The number of hydrogen-bond donors (Lipinski definition) is 3. The van der Waals surface area contributed by atoms with Crippen LogP contribution in [0.3, 0.4) is 0 Å². The third kappa shape index (κ3) is 9.95. The average Bonchev–Trinajstić information content (AvgIpc) is 4.22. The van der Waals surface area contributed by atoms with Gasteiger partial charge in [0.25, 0.3) is 0 Å². The maximum atomic E-state index is 14.7. The first-order valence-electron chi connectivity index (χ1n) is 23.5. The number of hydrogen-bond acceptors (Lipinski definition) is 13. The maximum absolute atomic E-state index is 14.7. The highest BCUT2D eigenvalue weighted by atomic mass is 19.1. The summed E-state index contributed by atoms with van der Waals surface area (Å²) in [4.78, 5) is 21.6. The summed E-state index contributed by atoms with van der Waals surface area (Å²) in [5.41, 5.74) is 7.42. The van der Waals surface area contributed by atoms with E-state index < -0.39 is 11.6 Å². The highest BCUT2D eigenvalue weighted by Gasteiger charge is 2.25. The SMILES string of the molecule is CC.CN(C)Cc1c(F)cc(-c2cnc(NCc3c(F)ccc4c3CCO4)n3cc(C#N)nc23)cc1F.N#Cc1cn2c(NCc3c(F)ccc4c3CCO4)ncc(-c3ccc(CN4CC(O)C4)cc3)c2n1. The molecule has 15 nitrogen and oxygen atoms in total. The summed E-state index contributed by atoms with van der Waals surface area (Å²) >= 11 is 0. The summed E-state index contributed by atoms with van der Waals surface area (Å²) in [6.07, 6.45) is 7.31. The number of aromatic nitrogens is 6. The number of aliphatic hydroxyl groups is 1. The Balaban J connectivity index is 0.000000172. The van der Waals surface area contributed by atoms with Crippen molar-refractivity contribution in [1.29, 1.82) is 10.5 Å². The van der Waals surface area contributed by atoms with Gasteiger partial charge in [-0.05, 0) is 67.2 Å². The van der Waals surface area contributed by atoms with Crippen molar-refractivity contribution in [2.75, 3.05) is 51.0 Å². The number of nitrogens with zero attached hydrogens (tertiary/aromatic N) is 10. The number of fused-ring (bicyclic) bond motifs is 4. The number of likely N-dealkylation sites (tertiary alicyclic amines) is 1. The minimum atomic E-state index is -0.684. The Labute approximate surface area is 412 Å². The fraction of sp³-hybridized carbons (Fsp3) is 0.283. The molecule has 4 aromatic carbocycles. The molecule has 8 aromatic rings. The Morgan fingerprint density at radius 3 is 1.62 bits per heavy atom. The van der Waals surface area contributed by atoms with E-state index in [-0.39, 0.29) is 59.9 Å². The van der Waals surface area contributed by atoms with Crippen LogP contribution in [0.25, 0.3) is 33.5 Å². The van der Waals surface area contributed by atoms with E-state index in [2.05, 4.69) is 53.7 Å². The lowest BCUT2D eigenvalue weighted by atomic mass is 10.0. The Morgan fingerprint density at radius 2 is 1.17 bits per heavy atom. The van der Waals surface area contributed by atoms with Gasteiger partial charge >= 0.3 is 0 Å². The molecule has 0 atom stereocenters. The highest BCUT2D eigenvalue weighted by molar-refractivity contribution is 5.80. The van der Waals surface area contributed by atoms with Crippen LogP contribution >= 0.6 is 0 Å². The van der Waals surface area contributed by atoms with Crippen molar-refractivity contribution in [3.8, 4) is 45.9 Å². The first kappa shape index (κ1) is 48.9. The molecule has 1 fully saturated rings. The molecule has 7 heterocycles. The topological polar surface area (TPSA) is 177 Å². The van der Waals surface area contributed by atoms with Crippen LogP contribution in [0.4, 0.5) is 29.5 Å². The third-order valence-corrected chi connectivity index (χ3v) is 12.5. The lowest BCUT2D eigenvalue weighted by Gasteiger charge is -2.35. The molecule has 0 aliphatic carbocycles. The molecule has 4 aromatic heterocycles. The molecule has 3 N–H and O–H groups in total. The van der Waals surface area contributed by atoms with Crippen molar-refractivity contribution in [1.82, 2.24) is 38.5 Å². The van der Waals surface area contributed by atoms with Crippen molar-refractivity contribution in [3.05, 3.63) is 153 Å². The number of benzene rings is 4. The van der Waals surface area contributed by atoms with E-state index in [1.54, 1.807) is 47.9 Å². The number of rotatable bonds is 12. The van der Waals surface area contributed by atoms with Crippen LogP contribution in [0.2, 0.25) is 0 Å². The fourth-order valence-corrected chi connectivity index (χ4v) is 9.02. The van der Waals surface area contributed by atoms with Crippen LogP contribution in [-0.2, 0) is 39.0 Å². The third-order valence-electron chi connectivity index (χ3n) is 12.5. The Kier molecular flexibility index (Phi) is 14.3. The van der Waals surface area contributed by atoms with Gasteiger partial charge in [0.15, 0.2) is 22.7 Å². The van der Waals surface area contributed by atoms with Crippen molar-refractivity contribution < 1.29 is 32.1 Å². The minimum Gasteiger partial charge on any atom is -0.493 e. The van der Waals surface area contributed by atoms with Gasteiger partial charge in [-0.15, -0.1) is 0 Å². The zero-order valence-electron chi connectivity index (χ0n) is 40.0. The van der Waals surface area contributed by atoms with Crippen LogP contribution in [0.5, 0.6) is 11.5 Å². The summed E-state index contributed by atoms with van der Waals surface area (Å²) < 4.78 is 72.9. The van der Waals surface area contributed by atoms with Gasteiger partial charge in [0.2, 0.25) is 11.9 Å². The number of aliphatic hydroxyl groups excluding tert-OH is 1. The molecule has 0 unspecified atom stereocenters. The van der Waals surface area contributed by atoms with Gasteiger partial charge in [-0.3, -0.25) is 13.7 Å². The second-order valence-electron chi connectivity index (χ2n) is 17.5. The number of nitriles is 2. The molecule has 3 aliphatic rings. The average molecular weight is 979 g/mol. The van der Waals surface area contributed by atoms with E-state index in [1.165, 1.54) is 41.1 Å². The number of anilines is 2. The Morgan fingerprint density at radius 1 is 0.681 bits per heavy atom. The molecule has 0 radical (unpaired) electrons. The van der Waals surface area contributed by atoms with E-state index >= 15 is 0 Å². The standard InChI is InChI=1S/C26H23FN6O2.C25H21F3N6O.C2H6/c27-23-5-6-24-20(7-8-35-24)22(23)11-30-26-29-10-21(25-31-18(9-28)13-33(25)26)17-3-1-16(2-4-17)12-32-14-19(34)15-32;1-33(2)13-19-21(27)7-14(8-22(19)28)17-10-30-25(34-12-15(9-29)32-24(17)34)31-11-18-16-5-6-35-23(16)4-3-20(18)26;1-2/h1-6,10,13,19,34H,7-8,11-12,14-15H2,(H,29,30);3-4,7-8,10,12H,5-6,11,13H2,1-2H3,(H,30,31);1-2H3. The van der Waals surface area contributed by atoms with Crippen LogP contribution in [0.15, 0.2) is 85.5 Å². The Bertz CT molecular complexity index is 3370. The molecule has 3 aliphatic heterocycles. The van der Waals surface area contributed by atoms with Gasteiger partial charge in [0.05, 0.1) is 31.7 Å². The maximum Gasteiger partial charge on any atom is 0.208 e. The van der Waals surface area contributed by atoms with Crippen LogP contribution in [0, 0.1) is 45.9 Å². The quantitative estimate of drug-likeness (QED) is 0.0995. The zero-order chi connectivity index (χ0) is 50.6. The highest BCUT2D eigenvalue weighted by Crippen LogP contribution is 2.34. The summed E-state index contributed by atoms with van der Waals surface area (Å²) in [6.45, 7) is 7.72. The number of imidazole rings is 2.